The van der Waals surface area contributed by atoms with E-state index in [0.29, 0.717) is 5.69 Å². The fourth-order valence-corrected chi connectivity index (χ4v) is 2.28. The van der Waals surface area contributed by atoms with Gasteiger partial charge >= 0.3 is 0 Å². The highest BCUT2D eigenvalue weighted by molar-refractivity contribution is 5.73. The molecule has 0 aliphatic carbocycles. The fraction of sp³-hybridized carbons (Fsp3) is 0.429. The Morgan fingerprint density at radius 1 is 1.00 bits per heavy atom. The van der Waals surface area contributed by atoms with Crippen LogP contribution in [0.25, 0.3) is 16.7 Å². The molecule has 4 heteroatoms. The lowest BCUT2D eigenvalue weighted by Gasteiger charge is -2.24. The van der Waals surface area contributed by atoms with Crippen LogP contribution in [0, 0.1) is 5.92 Å². The molecule has 0 fully saturated rings. The summed E-state index contributed by atoms with van der Waals surface area (Å²) in [7, 11) is 0. The quantitative estimate of drug-likeness (QED) is 0.688. The molecule has 0 unspecified atom stereocenters. The number of hydrogen-bond donors (Lipinski definition) is 1. The summed E-state index contributed by atoms with van der Waals surface area (Å²) in [5, 5.41) is 19.0. The molecule has 3 rings (SSSR count). The lowest BCUT2D eigenvalue weighted by molar-refractivity contribution is 0.463. The number of aromatic nitrogens is 3. The maximum absolute atomic E-state index is 10.2. The van der Waals surface area contributed by atoms with Gasteiger partial charge < -0.3 is 5.11 Å². The zero-order chi connectivity index (χ0) is 18.6. The summed E-state index contributed by atoms with van der Waals surface area (Å²) in [6, 6.07) is 13.3. The topological polar surface area (TPSA) is 50.9 Å². The molecule has 0 amide bonds. The Hall–Kier alpha value is -2.36. The maximum Gasteiger partial charge on any atom is 0.143 e. The molecule has 25 heavy (non-hydrogen) atoms. The molecule has 0 spiro atoms. The predicted octanol–water partition coefficient (Wildman–Crippen LogP) is 5.48. The van der Waals surface area contributed by atoms with Crippen LogP contribution in [0.2, 0.25) is 0 Å². The molecule has 1 aromatic heterocycles. The minimum atomic E-state index is 0.0506. The molecule has 1 N–H and O–H groups in total. The highest BCUT2D eigenvalue weighted by atomic mass is 16.3. The standard InChI is InChI=1S/C17H19N3O.C4H10/c1-4-17(2,3)12-9-10-16(21)15(11-12)20-18-13-7-5-6-8-14(13)19-20;1-4(2)3/h5-11,21H,4H2,1-3H3;4H,1-3H3. The van der Waals surface area contributed by atoms with E-state index in [1.165, 1.54) is 10.4 Å². The monoisotopic (exact) mass is 339 g/mol. The summed E-state index contributed by atoms with van der Waals surface area (Å²) in [5.41, 5.74) is 3.47. The largest absolute Gasteiger partial charge is 0.506 e. The van der Waals surface area contributed by atoms with E-state index in [2.05, 4.69) is 51.7 Å². The summed E-state index contributed by atoms with van der Waals surface area (Å²) in [6.07, 6.45) is 1.02. The van der Waals surface area contributed by atoms with Crippen molar-refractivity contribution in [3.8, 4) is 11.4 Å². The number of hydrogen-bond acceptors (Lipinski definition) is 3. The number of fused-ring (bicyclic) bond motifs is 1. The van der Waals surface area contributed by atoms with Gasteiger partial charge in [-0.15, -0.1) is 15.0 Å². The van der Waals surface area contributed by atoms with Crippen molar-refractivity contribution in [2.24, 2.45) is 5.92 Å². The molecule has 1 heterocycles. The van der Waals surface area contributed by atoms with Gasteiger partial charge in [0.15, 0.2) is 0 Å². The van der Waals surface area contributed by atoms with Crippen LogP contribution >= 0.6 is 0 Å². The molecule has 134 valence electrons. The third-order valence-electron chi connectivity index (χ3n) is 4.14. The molecule has 0 radical (unpaired) electrons. The van der Waals surface area contributed by atoms with Crippen LogP contribution in [0.1, 0.15) is 53.5 Å². The number of benzene rings is 2. The highest BCUT2D eigenvalue weighted by Crippen LogP contribution is 2.31. The van der Waals surface area contributed by atoms with Crippen LogP contribution < -0.4 is 0 Å². The molecule has 0 saturated carbocycles. The first-order valence-corrected chi connectivity index (χ1v) is 8.90. The van der Waals surface area contributed by atoms with E-state index in [0.717, 1.165) is 23.4 Å². The average Bonchev–Trinajstić information content (AvgIpc) is 2.98. The minimum absolute atomic E-state index is 0.0506. The van der Waals surface area contributed by atoms with Crippen LogP contribution in [0.3, 0.4) is 0 Å². The van der Waals surface area contributed by atoms with E-state index in [1.807, 2.05) is 36.4 Å². The Bertz CT molecular complexity index is 798. The fourth-order valence-electron chi connectivity index (χ4n) is 2.28. The summed E-state index contributed by atoms with van der Waals surface area (Å²) < 4.78 is 0. The number of nitrogens with zero attached hydrogens (tertiary/aromatic N) is 3. The number of rotatable bonds is 3. The van der Waals surface area contributed by atoms with Gasteiger partial charge in [0.1, 0.15) is 22.5 Å². The zero-order valence-corrected chi connectivity index (χ0v) is 16.1. The van der Waals surface area contributed by atoms with Gasteiger partial charge in [-0.2, -0.15) is 0 Å². The predicted molar refractivity (Wildman–Crippen MR) is 104 cm³/mol. The summed E-state index contributed by atoms with van der Waals surface area (Å²) >= 11 is 0. The normalized spacial score (nSPS) is 11.5. The Morgan fingerprint density at radius 2 is 1.52 bits per heavy atom. The van der Waals surface area contributed by atoms with E-state index >= 15 is 0 Å². The van der Waals surface area contributed by atoms with Gasteiger partial charge in [0, 0.05) is 0 Å². The Balaban J connectivity index is 0.000000511. The molecule has 0 bridgehead atoms. The third-order valence-corrected chi connectivity index (χ3v) is 4.14. The Kier molecular flexibility index (Phi) is 5.83. The van der Waals surface area contributed by atoms with Crippen molar-refractivity contribution >= 4 is 11.0 Å². The van der Waals surface area contributed by atoms with Crippen LogP contribution in [-0.4, -0.2) is 20.1 Å². The van der Waals surface area contributed by atoms with Crippen molar-refractivity contribution in [1.29, 1.82) is 0 Å². The summed E-state index contributed by atoms with van der Waals surface area (Å²) in [5.74, 6) is 1.02. The van der Waals surface area contributed by atoms with Gasteiger partial charge in [0.05, 0.1) is 0 Å². The van der Waals surface area contributed by atoms with Gasteiger partial charge in [0.25, 0.3) is 0 Å². The number of phenols is 1. The SMILES string of the molecule is CC(C)C.CCC(C)(C)c1ccc(O)c(-n2nc3ccccc3n2)c1. The lowest BCUT2D eigenvalue weighted by atomic mass is 9.82. The van der Waals surface area contributed by atoms with Crippen molar-refractivity contribution in [3.05, 3.63) is 48.0 Å². The van der Waals surface area contributed by atoms with E-state index in [1.54, 1.807) is 6.07 Å². The van der Waals surface area contributed by atoms with Gasteiger partial charge in [-0.05, 0) is 47.6 Å². The van der Waals surface area contributed by atoms with E-state index in [9.17, 15) is 5.11 Å². The van der Waals surface area contributed by atoms with Crippen molar-refractivity contribution in [3.63, 3.8) is 0 Å². The van der Waals surface area contributed by atoms with Gasteiger partial charge in [-0.25, -0.2) is 0 Å². The summed E-state index contributed by atoms with van der Waals surface area (Å²) in [4.78, 5) is 1.51. The smallest absolute Gasteiger partial charge is 0.143 e. The molecule has 0 aliphatic heterocycles. The van der Waals surface area contributed by atoms with E-state index in [4.69, 9.17) is 0 Å². The highest BCUT2D eigenvalue weighted by Gasteiger charge is 2.20. The number of aromatic hydroxyl groups is 1. The van der Waals surface area contributed by atoms with Crippen LogP contribution in [0.4, 0.5) is 0 Å². The average molecular weight is 339 g/mol. The Labute approximate surface area is 150 Å². The molecule has 4 nitrogen and oxygen atoms in total. The van der Waals surface area contributed by atoms with Gasteiger partial charge in [-0.3, -0.25) is 0 Å². The molecular weight excluding hydrogens is 310 g/mol. The number of phenolic OH excluding ortho intramolecular Hbond substituents is 1. The van der Waals surface area contributed by atoms with E-state index in [-0.39, 0.29) is 11.2 Å². The first kappa shape index (κ1) is 19.0. The van der Waals surface area contributed by atoms with Crippen LogP contribution in [0.5, 0.6) is 5.75 Å². The maximum atomic E-state index is 10.2. The molecule has 0 saturated heterocycles. The molecule has 2 aromatic carbocycles. The molecule has 0 atom stereocenters. The second kappa shape index (κ2) is 7.68. The van der Waals surface area contributed by atoms with Crippen molar-refractivity contribution < 1.29 is 5.11 Å². The first-order valence-electron chi connectivity index (χ1n) is 8.90. The third kappa shape index (κ3) is 4.59. The van der Waals surface area contributed by atoms with Crippen molar-refractivity contribution in [1.82, 2.24) is 15.0 Å². The first-order chi connectivity index (χ1) is 11.7. The van der Waals surface area contributed by atoms with E-state index < -0.39 is 0 Å². The second-order valence-electron chi connectivity index (χ2n) is 7.65. The van der Waals surface area contributed by atoms with Crippen molar-refractivity contribution in [2.45, 2.75) is 53.4 Å². The minimum Gasteiger partial charge on any atom is -0.506 e. The molecule has 0 aliphatic rings. The lowest BCUT2D eigenvalue weighted by Crippen LogP contribution is -2.16. The Morgan fingerprint density at radius 3 is 2.00 bits per heavy atom. The van der Waals surface area contributed by atoms with Crippen molar-refractivity contribution in [2.75, 3.05) is 0 Å². The second-order valence-corrected chi connectivity index (χ2v) is 7.65. The van der Waals surface area contributed by atoms with Gasteiger partial charge in [-0.1, -0.05) is 59.7 Å². The zero-order valence-electron chi connectivity index (χ0n) is 16.1. The molecular formula is C21H29N3O. The van der Waals surface area contributed by atoms with Gasteiger partial charge in [0.2, 0.25) is 0 Å². The summed E-state index contributed by atoms with van der Waals surface area (Å²) in [6.45, 7) is 13.0. The molecule has 3 aromatic rings. The van der Waals surface area contributed by atoms with Crippen LogP contribution in [0.15, 0.2) is 42.5 Å². The van der Waals surface area contributed by atoms with Crippen LogP contribution in [-0.2, 0) is 5.41 Å².